The van der Waals surface area contributed by atoms with Crippen LogP contribution in [0, 0.1) is 11.8 Å². The molecular formula is C52H74Cl2O18. The van der Waals surface area contributed by atoms with E-state index in [1.807, 2.05) is 32.9 Å². The van der Waals surface area contributed by atoms with Crippen molar-refractivity contribution < 1.29 is 88.0 Å². The number of esters is 3. The first-order chi connectivity index (χ1) is 33.7. The second-order valence-electron chi connectivity index (χ2n) is 19.4. The smallest absolute Gasteiger partial charge is 0.342 e. The first kappa shape index (κ1) is 60.7. The van der Waals surface area contributed by atoms with Gasteiger partial charge in [0.05, 0.1) is 47.5 Å². The van der Waals surface area contributed by atoms with Gasteiger partial charge in [0.25, 0.3) is 0 Å². The number of methoxy groups -OCH3 is 1. The van der Waals surface area contributed by atoms with Gasteiger partial charge >= 0.3 is 17.9 Å². The molecule has 404 valence electrons. The van der Waals surface area contributed by atoms with Gasteiger partial charge < -0.3 is 73.6 Å². The maximum absolute atomic E-state index is 13.9. The van der Waals surface area contributed by atoms with Gasteiger partial charge in [-0.1, -0.05) is 86.9 Å². The van der Waals surface area contributed by atoms with Crippen LogP contribution in [0.1, 0.15) is 111 Å². The van der Waals surface area contributed by atoms with Gasteiger partial charge in [-0.25, -0.2) is 9.59 Å². The monoisotopic (exact) mass is 1060 g/mol. The molecule has 14 atom stereocenters. The number of carbonyl (C=O) groups is 3. The van der Waals surface area contributed by atoms with E-state index in [9.17, 15) is 50.1 Å². The molecule has 4 rings (SSSR count). The highest BCUT2D eigenvalue weighted by atomic mass is 35.5. The van der Waals surface area contributed by atoms with E-state index in [0.29, 0.717) is 23.1 Å². The Labute approximate surface area is 431 Å². The van der Waals surface area contributed by atoms with Crippen LogP contribution in [-0.4, -0.2) is 153 Å². The Morgan fingerprint density at radius 3 is 2.17 bits per heavy atom. The summed E-state index contributed by atoms with van der Waals surface area (Å²) >= 11 is 12.3. The van der Waals surface area contributed by atoms with Crippen molar-refractivity contribution in [2.75, 3.05) is 13.7 Å². The van der Waals surface area contributed by atoms with Gasteiger partial charge in [-0.3, -0.25) is 4.79 Å². The zero-order chi connectivity index (χ0) is 54.1. The summed E-state index contributed by atoms with van der Waals surface area (Å²) in [5, 5.41) is 76.5. The second-order valence-corrected chi connectivity index (χ2v) is 20.1. The SMILES string of the molecule is CCc1c(Cl)c(O)c(Cl)c(O)c1C(=O)O[C@H]1[C@H](O)[C@H](OC)[C@H](OC/C2=C\C=C\C[C@H](O)/C(C)=C/C(CC)[C@@H](O[C@@H]3OC(C)(C)[C@@H](OC(=O)C(C)C)[C@H](O)[C@@H]3O)/C(C)=C/C(C)=C/C[C@@H]([C@@H](C)O)OC2=O)O[C@@H]1C. The number of carbonyl (C=O) groups excluding carboxylic acids is 3. The molecule has 18 nitrogen and oxygen atoms in total. The summed E-state index contributed by atoms with van der Waals surface area (Å²) in [6.45, 7) is 18.1. The molecule has 1 aromatic carbocycles. The Balaban J connectivity index is 1.61. The maximum Gasteiger partial charge on any atom is 0.342 e. The van der Waals surface area contributed by atoms with E-state index in [4.69, 9.17) is 61.1 Å². The van der Waals surface area contributed by atoms with Gasteiger partial charge in [-0.15, -0.1) is 0 Å². The second kappa shape index (κ2) is 26.5. The lowest BCUT2D eigenvalue weighted by Gasteiger charge is -2.47. The molecular weight excluding hydrogens is 983 g/mol. The zero-order valence-electron chi connectivity index (χ0n) is 43.0. The normalized spacial score (nSPS) is 34.8. The third-order valence-corrected chi connectivity index (χ3v) is 13.8. The van der Waals surface area contributed by atoms with E-state index in [1.165, 1.54) is 33.1 Å². The van der Waals surface area contributed by atoms with Crippen LogP contribution in [0.4, 0.5) is 0 Å². The Morgan fingerprint density at radius 2 is 1.57 bits per heavy atom. The summed E-state index contributed by atoms with van der Waals surface area (Å²) in [7, 11) is 1.26. The molecule has 7 N–H and O–H groups in total. The number of cyclic esters (lactones) is 1. The Kier molecular flexibility index (Phi) is 22.4. The standard InChI is InChI=1S/C52H74Cl2O18/c1-13-30-22-26(6)33(56)18-16-15-17-31(23-66-51-45(65-12)42(61)44(29(9)67-51)69-49(64)35-32(14-2)36(53)39(58)37(54)38(35)57)48(63)68-34(28(8)55)20-19-25(5)21-27(7)43(30)70-50-41(60)40(59)46(52(10,11)72-50)71-47(62)24(3)4/h15-17,19,21-22,24,28-30,33-34,40-46,50-51,55-61H,13-14,18,20,23H2,1-12H3/b16-15+,25-19+,26-22+,27-21+,31-17+/t28-,29-,30?,33+,34+,40-,41+,42+,43+,44-,45+,46+,50-,51-/m1/s1. The predicted octanol–water partition coefficient (Wildman–Crippen LogP) is 6.23. The van der Waals surface area contributed by atoms with Crippen molar-refractivity contribution in [1.29, 1.82) is 0 Å². The third-order valence-electron chi connectivity index (χ3n) is 13.0. The summed E-state index contributed by atoms with van der Waals surface area (Å²) < 4.78 is 47.5. The number of ether oxygens (including phenoxy) is 8. The molecule has 0 saturated carbocycles. The molecule has 2 saturated heterocycles. The molecule has 1 aromatic rings. The minimum atomic E-state index is -1.61. The number of aromatic hydroxyl groups is 2. The van der Waals surface area contributed by atoms with Gasteiger partial charge in [0, 0.05) is 19.4 Å². The lowest BCUT2D eigenvalue weighted by Crippen LogP contribution is -2.64. The van der Waals surface area contributed by atoms with Gasteiger partial charge in [0.2, 0.25) is 0 Å². The lowest BCUT2D eigenvalue weighted by molar-refractivity contribution is -0.333. The van der Waals surface area contributed by atoms with Crippen molar-refractivity contribution >= 4 is 41.1 Å². The van der Waals surface area contributed by atoms with Crippen molar-refractivity contribution in [2.24, 2.45) is 11.8 Å². The van der Waals surface area contributed by atoms with E-state index < -0.39 is 144 Å². The molecule has 1 unspecified atom stereocenters. The molecule has 0 bridgehead atoms. The van der Waals surface area contributed by atoms with Crippen molar-refractivity contribution in [3.8, 4) is 11.5 Å². The number of benzene rings is 1. The van der Waals surface area contributed by atoms with Crippen molar-refractivity contribution in [3.05, 3.63) is 79.9 Å². The molecule has 20 heteroatoms. The minimum absolute atomic E-state index is 0.0372. The Morgan fingerprint density at radius 1 is 0.903 bits per heavy atom. The van der Waals surface area contributed by atoms with E-state index in [2.05, 4.69) is 0 Å². The maximum atomic E-state index is 13.9. The van der Waals surface area contributed by atoms with E-state index in [-0.39, 0.29) is 35.4 Å². The number of halogens is 2. The van der Waals surface area contributed by atoms with Crippen LogP contribution in [0.2, 0.25) is 10.0 Å². The summed E-state index contributed by atoms with van der Waals surface area (Å²) in [4.78, 5) is 40.0. The number of hydrogen-bond acceptors (Lipinski definition) is 18. The first-order valence-corrected chi connectivity index (χ1v) is 24.9. The molecule has 3 heterocycles. The first-order valence-electron chi connectivity index (χ1n) is 24.2. The number of aliphatic hydroxyl groups is 5. The average Bonchev–Trinajstić information content (AvgIpc) is 3.32. The molecule has 3 aliphatic heterocycles. The largest absolute Gasteiger partial charge is 0.505 e. The zero-order valence-corrected chi connectivity index (χ0v) is 44.5. The van der Waals surface area contributed by atoms with Crippen LogP contribution in [0.25, 0.3) is 0 Å². The topological polar surface area (TPSA) is 267 Å². The molecule has 2 fully saturated rings. The fourth-order valence-corrected chi connectivity index (χ4v) is 9.16. The average molecular weight is 1060 g/mol. The minimum Gasteiger partial charge on any atom is -0.505 e. The van der Waals surface area contributed by atoms with Gasteiger partial charge in [-0.05, 0) is 90.5 Å². The van der Waals surface area contributed by atoms with Crippen LogP contribution in [0.15, 0.2) is 58.7 Å². The Bertz CT molecular complexity index is 2220. The van der Waals surface area contributed by atoms with Gasteiger partial charge in [0.1, 0.15) is 46.7 Å². The van der Waals surface area contributed by atoms with Crippen molar-refractivity contribution in [2.45, 2.75) is 187 Å². The summed E-state index contributed by atoms with van der Waals surface area (Å²) in [5.74, 6) is -4.78. The molecule has 0 aliphatic carbocycles. The number of phenols is 2. The number of hydrogen-bond donors (Lipinski definition) is 7. The number of phenolic OH excluding ortho intramolecular Hbond substituents is 2. The van der Waals surface area contributed by atoms with E-state index in [1.54, 1.807) is 53.7 Å². The molecule has 3 aliphatic rings. The van der Waals surface area contributed by atoms with Crippen molar-refractivity contribution in [1.82, 2.24) is 0 Å². The molecule has 0 radical (unpaired) electrons. The molecule has 72 heavy (non-hydrogen) atoms. The molecule has 0 amide bonds. The summed E-state index contributed by atoms with van der Waals surface area (Å²) in [6, 6.07) is 0. The predicted molar refractivity (Wildman–Crippen MR) is 265 cm³/mol. The van der Waals surface area contributed by atoms with E-state index in [0.717, 1.165) is 0 Å². The molecule has 0 spiro atoms. The van der Waals surface area contributed by atoms with Crippen LogP contribution < -0.4 is 0 Å². The van der Waals surface area contributed by atoms with Crippen LogP contribution in [-0.2, 0) is 53.9 Å². The highest BCUT2D eigenvalue weighted by Gasteiger charge is 2.53. The summed E-state index contributed by atoms with van der Waals surface area (Å²) in [6.07, 6.45) is -5.45. The molecule has 0 aromatic heterocycles. The fraction of sp³-hybridized carbons (Fsp3) is 0.635. The Hall–Kier alpha value is -3.89. The summed E-state index contributed by atoms with van der Waals surface area (Å²) in [5.41, 5.74) is 0.318. The number of aliphatic hydroxyl groups excluding tert-OH is 5. The lowest BCUT2D eigenvalue weighted by atomic mass is 9.88. The van der Waals surface area contributed by atoms with Gasteiger partial charge in [-0.2, -0.15) is 0 Å². The fourth-order valence-electron chi connectivity index (χ4n) is 8.60. The number of allylic oxidation sites excluding steroid dienone is 4. The van der Waals surface area contributed by atoms with Crippen molar-refractivity contribution in [3.63, 3.8) is 0 Å². The van der Waals surface area contributed by atoms with Crippen LogP contribution >= 0.6 is 23.2 Å². The van der Waals surface area contributed by atoms with E-state index >= 15 is 0 Å². The third kappa shape index (κ3) is 14.7. The van der Waals surface area contributed by atoms with Crippen LogP contribution in [0.5, 0.6) is 11.5 Å². The number of rotatable bonds is 13. The van der Waals surface area contributed by atoms with Gasteiger partial charge in [0.15, 0.2) is 36.3 Å². The highest BCUT2D eigenvalue weighted by Crippen LogP contribution is 2.45. The highest BCUT2D eigenvalue weighted by molar-refractivity contribution is 6.39. The van der Waals surface area contributed by atoms with Crippen LogP contribution in [0.3, 0.4) is 0 Å². The quantitative estimate of drug-likeness (QED) is 0.0655.